The first-order valence-electron chi connectivity index (χ1n) is 4.94. The molecule has 0 radical (unpaired) electrons. The molecule has 0 aromatic carbocycles. The number of aromatic hydroxyl groups is 2. The van der Waals surface area contributed by atoms with Crippen molar-refractivity contribution < 1.29 is 15.3 Å². The van der Waals surface area contributed by atoms with Gasteiger partial charge < -0.3 is 15.3 Å². The van der Waals surface area contributed by atoms with Gasteiger partial charge in [-0.25, -0.2) is 0 Å². The minimum absolute atomic E-state index is 0.102. The first-order valence-corrected chi connectivity index (χ1v) is 4.94. The highest BCUT2D eigenvalue weighted by Crippen LogP contribution is 2.21. The van der Waals surface area contributed by atoms with Crippen molar-refractivity contribution in [2.75, 3.05) is 6.61 Å². The van der Waals surface area contributed by atoms with Crippen molar-refractivity contribution in [1.29, 1.82) is 0 Å². The Bertz CT molecular complexity index is 251. The Labute approximate surface area is 83.4 Å². The Kier molecular flexibility index (Phi) is 4.32. The van der Waals surface area contributed by atoms with Crippen LogP contribution in [0.4, 0.5) is 0 Å². The standard InChI is InChI=1S/C10H17NO3/c12-8-4-2-1-3-7-11-9(13)5-6-10(11)14/h5-6,12-14H,1-4,7-8H2. The van der Waals surface area contributed by atoms with Crippen LogP contribution in [0, 0.1) is 0 Å². The lowest BCUT2D eigenvalue weighted by Gasteiger charge is -2.05. The quantitative estimate of drug-likeness (QED) is 0.607. The van der Waals surface area contributed by atoms with E-state index in [1.165, 1.54) is 16.7 Å². The molecule has 0 fully saturated rings. The summed E-state index contributed by atoms with van der Waals surface area (Å²) >= 11 is 0. The average Bonchev–Trinajstić information content (AvgIpc) is 2.48. The normalized spacial score (nSPS) is 10.6. The maximum absolute atomic E-state index is 9.30. The van der Waals surface area contributed by atoms with E-state index in [0.29, 0.717) is 6.54 Å². The molecule has 0 unspecified atom stereocenters. The van der Waals surface area contributed by atoms with Gasteiger partial charge in [0.05, 0.1) is 0 Å². The third-order valence-electron chi connectivity index (χ3n) is 2.22. The Hall–Kier alpha value is -1.16. The lowest BCUT2D eigenvalue weighted by molar-refractivity contribution is 0.281. The molecule has 1 heterocycles. The van der Waals surface area contributed by atoms with Gasteiger partial charge >= 0.3 is 0 Å². The van der Waals surface area contributed by atoms with E-state index in [1.54, 1.807) is 0 Å². The maximum Gasteiger partial charge on any atom is 0.193 e. The highest BCUT2D eigenvalue weighted by molar-refractivity contribution is 5.23. The van der Waals surface area contributed by atoms with Gasteiger partial charge in [0.25, 0.3) is 0 Å². The van der Waals surface area contributed by atoms with Gasteiger partial charge in [-0.05, 0) is 12.8 Å². The second-order valence-electron chi connectivity index (χ2n) is 3.34. The van der Waals surface area contributed by atoms with Crippen LogP contribution in [-0.4, -0.2) is 26.5 Å². The Morgan fingerprint density at radius 1 is 0.929 bits per heavy atom. The molecular formula is C10H17NO3. The molecule has 0 amide bonds. The minimum Gasteiger partial charge on any atom is -0.494 e. The molecule has 14 heavy (non-hydrogen) atoms. The molecule has 0 bridgehead atoms. The van der Waals surface area contributed by atoms with Crippen LogP contribution >= 0.6 is 0 Å². The molecule has 1 rings (SSSR count). The third kappa shape index (κ3) is 2.96. The van der Waals surface area contributed by atoms with Gasteiger partial charge in [0.15, 0.2) is 11.8 Å². The summed E-state index contributed by atoms with van der Waals surface area (Å²) in [6.45, 7) is 0.857. The number of aliphatic hydroxyl groups is 1. The van der Waals surface area contributed by atoms with Crippen molar-refractivity contribution in [3.63, 3.8) is 0 Å². The van der Waals surface area contributed by atoms with Crippen LogP contribution in [0.3, 0.4) is 0 Å². The lowest BCUT2D eigenvalue weighted by Crippen LogP contribution is -1.96. The fourth-order valence-corrected chi connectivity index (χ4v) is 1.41. The highest BCUT2D eigenvalue weighted by Gasteiger charge is 2.03. The van der Waals surface area contributed by atoms with E-state index in [1.807, 2.05) is 0 Å². The molecule has 0 atom stereocenters. The van der Waals surface area contributed by atoms with Crippen molar-refractivity contribution in [1.82, 2.24) is 4.57 Å². The molecule has 0 spiro atoms. The van der Waals surface area contributed by atoms with Gasteiger partial charge in [0.1, 0.15) is 0 Å². The van der Waals surface area contributed by atoms with Crippen LogP contribution in [0.15, 0.2) is 12.1 Å². The van der Waals surface area contributed by atoms with Gasteiger partial charge in [-0.2, -0.15) is 0 Å². The van der Waals surface area contributed by atoms with Gasteiger partial charge in [-0.1, -0.05) is 12.8 Å². The first kappa shape index (κ1) is 10.9. The Morgan fingerprint density at radius 3 is 2.07 bits per heavy atom. The fourth-order valence-electron chi connectivity index (χ4n) is 1.41. The van der Waals surface area contributed by atoms with Crippen molar-refractivity contribution >= 4 is 0 Å². The maximum atomic E-state index is 9.30. The predicted molar refractivity (Wildman–Crippen MR) is 53.3 cm³/mol. The second-order valence-corrected chi connectivity index (χ2v) is 3.34. The first-order chi connectivity index (χ1) is 6.75. The number of rotatable bonds is 6. The minimum atomic E-state index is 0.102. The van der Waals surface area contributed by atoms with Crippen LogP contribution < -0.4 is 0 Å². The van der Waals surface area contributed by atoms with Gasteiger partial charge in [0.2, 0.25) is 0 Å². The molecule has 80 valence electrons. The number of hydrogen-bond acceptors (Lipinski definition) is 3. The zero-order chi connectivity index (χ0) is 10.4. The molecule has 0 saturated carbocycles. The monoisotopic (exact) mass is 199 g/mol. The summed E-state index contributed by atoms with van der Waals surface area (Å²) in [4.78, 5) is 0. The zero-order valence-electron chi connectivity index (χ0n) is 8.19. The van der Waals surface area contributed by atoms with Crippen LogP contribution in [0.1, 0.15) is 25.7 Å². The highest BCUT2D eigenvalue weighted by atomic mass is 16.3. The molecule has 4 nitrogen and oxygen atoms in total. The van der Waals surface area contributed by atoms with E-state index >= 15 is 0 Å². The van der Waals surface area contributed by atoms with Crippen LogP contribution in [0.2, 0.25) is 0 Å². The second kappa shape index (κ2) is 5.54. The SMILES string of the molecule is OCCCCCCn1c(O)ccc1O. The molecule has 1 aromatic heterocycles. The summed E-state index contributed by atoms with van der Waals surface area (Å²) < 4.78 is 1.47. The van der Waals surface area contributed by atoms with Gasteiger partial charge in [-0.3, -0.25) is 4.57 Å². The summed E-state index contributed by atoms with van der Waals surface area (Å²) in [6.07, 6.45) is 3.70. The van der Waals surface area contributed by atoms with E-state index in [9.17, 15) is 10.2 Å². The molecular weight excluding hydrogens is 182 g/mol. The Morgan fingerprint density at radius 2 is 1.50 bits per heavy atom. The van der Waals surface area contributed by atoms with Crippen molar-refractivity contribution in [2.24, 2.45) is 0 Å². The molecule has 0 aliphatic rings. The lowest BCUT2D eigenvalue weighted by atomic mass is 10.2. The van der Waals surface area contributed by atoms with Crippen molar-refractivity contribution in [3.8, 4) is 11.8 Å². The Balaban J connectivity index is 2.24. The molecule has 3 N–H and O–H groups in total. The van der Waals surface area contributed by atoms with Crippen LogP contribution in [0.25, 0.3) is 0 Å². The summed E-state index contributed by atoms with van der Waals surface area (Å²) in [7, 11) is 0. The topological polar surface area (TPSA) is 65.6 Å². The van der Waals surface area contributed by atoms with E-state index in [0.717, 1.165) is 25.7 Å². The zero-order valence-corrected chi connectivity index (χ0v) is 8.19. The van der Waals surface area contributed by atoms with Crippen LogP contribution in [-0.2, 0) is 6.54 Å². The molecule has 0 saturated heterocycles. The number of nitrogens with zero attached hydrogens (tertiary/aromatic N) is 1. The molecule has 0 aliphatic carbocycles. The van der Waals surface area contributed by atoms with E-state index in [2.05, 4.69) is 0 Å². The van der Waals surface area contributed by atoms with Gasteiger partial charge in [-0.15, -0.1) is 0 Å². The number of unbranched alkanes of at least 4 members (excludes halogenated alkanes) is 3. The predicted octanol–water partition coefficient (Wildman–Crippen LogP) is 1.45. The molecule has 4 heteroatoms. The summed E-state index contributed by atoms with van der Waals surface area (Å²) in [6, 6.07) is 2.95. The summed E-state index contributed by atoms with van der Waals surface area (Å²) in [5.74, 6) is 0.203. The smallest absolute Gasteiger partial charge is 0.193 e. The summed E-state index contributed by atoms with van der Waals surface area (Å²) in [5.41, 5.74) is 0. The average molecular weight is 199 g/mol. The number of hydrogen-bond donors (Lipinski definition) is 3. The molecule has 0 aliphatic heterocycles. The van der Waals surface area contributed by atoms with E-state index < -0.39 is 0 Å². The van der Waals surface area contributed by atoms with E-state index in [-0.39, 0.29) is 18.4 Å². The number of aliphatic hydroxyl groups excluding tert-OH is 1. The van der Waals surface area contributed by atoms with Crippen LogP contribution in [0.5, 0.6) is 11.8 Å². The summed E-state index contributed by atoms with van der Waals surface area (Å²) in [5, 5.41) is 27.1. The fraction of sp³-hybridized carbons (Fsp3) is 0.600. The number of aromatic nitrogens is 1. The molecule has 1 aromatic rings. The third-order valence-corrected chi connectivity index (χ3v) is 2.22. The van der Waals surface area contributed by atoms with E-state index in [4.69, 9.17) is 5.11 Å². The van der Waals surface area contributed by atoms with Crippen molar-refractivity contribution in [2.45, 2.75) is 32.2 Å². The van der Waals surface area contributed by atoms with Gasteiger partial charge in [0, 0.05) is 25.3 Å². The largest absolute Gasteiger partial charge is 0.494 e. The van der Waals surface area contributed by atoms with Crippen molar-refractivity contribution in [3.05, 3.63) is 12.1 Å².